The molecule has 1 aromatic rings. The van der Waals surface area contributed by atoms with Gasteiger partial charge in [0.1, 0.15) is 0 Å². The summed E-state index contributed by atoms with van der Waals surface area (Å²) in [4.78, 5) is 14.7. The third kappa shape index (κ3) is 3.58. The predicted molar refractivity (Wildman–Crippen MR) is 80.9 cm³/mol. The zero-order valence-electron chi connectivity index (χ0n) is 10.8. The number of alkyl halides is 1. The van der Waals surface area contributed by atoms with Gasteiger partial charge in [-0.3, -0.25) is 4.79 Å². The lowest BCUT2D eigenvalue weighted by atomic mass is 10.1. The Kier molecular flexibility index (Phi) is 5.25. The number of hydrogen-bond acceptors (Lipinski definition) is 2. The van der Waals surface area contributed by atoms with E-state index in [-0.39, 0.29) is 5.91 Å². The van der Waals surface area contributed by atoms with Crippen LogP contribution in [0.4, 0.5) is 0 Å². The SMILES string of the molecule is CCC(Br)CNC(=O)c1cc2c(s1)CCCCC2. The van der Waals surface area contributed by atoms with E-state index in [2.05, 4.69) is 34.2 Å². The highest BCUT2D eigenvalue weighted by Gasteiger charge is 2.16. The van der Waals surface area contributed by atoms with E-state index in [0.29, 0.717) is 11.4 Å². The summed E-state index contributed by atoms with van der Waals surface area (Å²) in [5.41, 5.74) is 1.41. The smallest absolute Gasteiger partial charge is 0.261 e. The first-order valence-electron chi connectivity index (χ1n) is 6.74. The van der Waals surface area contributed by atoms with Crippen molar-refractivity contribution in [3.8, 4) is 0 Å². The lowest BCUT2D eigenvalue weighted by Gasteiger charge is -2.07. The number of carbonyl (C=O) groups excluding carboxylic acids is 1. The van der Waals surface area contributed by atoms with Gasteiger partial charge in [0.2, 0.25) is 0 Å². The predicted octanol–water partition coefficient (Wildman–Crippen LogP) is 3.92. The Morgan fingerprint density at radius 2 is 2.22 bits per heavy atom. The summed E-state index contributed by atoms with van der Waals surface area (Å²) < 4.78 is 0. The molecule has 1 aliphatic rings. The molecule has 1 aromatic heterocycles. The maximum absolute atomic E-state index is 12.0. The minimum atomic E-state index is 0.0889. The molecule has 0 spiro atoms. The van der Waals surface area contributed by atoms with Crippen LogP contribution in [0.25, 0.3) is 0 Å². The molecule has 18 heavy (non-hydrogen) atoms. The van der Waals surface area contributed by atoms with Crippen molar-refractivity contribution in [1.82, 2.24) is 5.32 Å². The number of halogens is 1. The fourth-order valence-corrected chi connectivity index (χ4v) is 3.55. The Labute approximate surface area is 121 Å². The topological polar surface area (TPSA) is 29.1 Å². The van der Waals surface area contributed by atoms with Crippen LogP contribution in [0, 0.1) is 0 Å². The van der Waals surface area contributed by atoms with Crippen LogP contribution in [0.1, 0.15) is 52.7 Å². The van der Waals surface area contributed by atoms with Crippen LogP contribution in [0.3, 0.4) is 0 Å². The number of amides is 1. The monoisotopic (exact) mass is 329 g/mol. The Hall–Kier alpha value is -0.350. The molecule has 0 radical (unpaired) electrons. The highest BCUT2D eigenvalue weighted by Crippen LogP contribution is 2.28. The zero-order valence-corrected chi connectivity index (χ0v) is 13.2. The fraction of sp³-hybridized carbons (Fsp3) is 0.643. The Bertz CT molecular complexity index is 392. The first-order valence-corrected chi connectivity index (χ1v) is 8.47. The van der Waals surface area contributed by atoms with Gasteiger partial charge in [-0.2, -0.15) is 0 Å². The Morgan fingerprint density at radius 1 is 1.44 bits per heavy atom. The van der Waals surface area contributed by atoms with Gasteiger partial charge in [-0.1, -0.05) is 29.3 Å². The molecule has 0 aliphatic heterocycles. The average Bonchev–Trinajstić information content (AvgIpc) is 2.67. The molecule has 1 unspecified atom stereocenters. The molecule has 0 saturated heterocycles. The maximum Gasteiger partial charge on any atom is 0.261 e. The van der Waals surface area contributed by atoms with Crippen LogP contribution in [-0.2, 0) is 12.8 Å². The van der Waals surface area contributed by atoms with Crippen LogP contribution in [0.2, 0.25) is 0 Å². The molecule has 1 amide bonds. The van der Waals surface area contributed by atoms with Gasteiger partial charge in [-0.15, -0.1) is 11.3 Å². The quantitative estimate of drug-likeness (QED) is 0.658. The fourth-order valence-electron chi connectivity index (χ4n) is 2.21. The van der Waals surface area contributed by atoms with Gasteiger partial charge in [-0.25, -0.2) is 0 Å². The lowest BCUT2D eigenvalue weighted by molar-refractivity contribution is 0.0958. The van der Waals surface area contributed by atoms with Crippen molar-refractivity contribution in [2.45, 2.75) is 50.3 Å². The summed E-state index contributed by atoms with van der Waals surface area (Å²) in [6, 6.07) is 2.11. The number of thiophene rings is 1. The van der Waals surface area contributed by atoms with Crippen molar-refractivity contribution >= 4 is 33.2 Å². The average molecular weight is 330 g/mol. The molecule has 2 rings (SSSR count). The van der Waals surface area contributed by atoms with Gasteiger partial charge in [0.15, 0.2) is 0 Å². The number of hydrogen-bond donors (Lipinski definition) is 1. The minimum absolute atomic E-state index is 0.0889. The van der Waals surface area contributed by atoms with Gasteiger partial charge in [0.25, 0.3) is 5.91 Å². The summed E-state index contributed by atoms with van der Waals surface area (Å²) >= 11 is 5.22. The van der Waals surface area contributed by atoms with Crippen molar-refractivity contribution in [2.24, 2.45) is 0 Å². The van der Waals surface area contributed by atoms with E-state index in [1.165, 1.54) is 29.7 Å². The summed E-state index contributed by atoms with van der Waals surface area (Å²) in [7, 11) is 0. The van der Waals surface area contributed by atoms with Crippen molar-refractivity contribution in [2.75, 3.05) is 6.54 Å². The van der Waals surface area contributed by atoms with E-state index in [1.54, 1.807) is 11.3 Å². The molecular formula is C14H20BrNOS. The molecule has 1 heterocycles. The molecule has 1 atom stereocenters. The highest BCUT2D eigenvalue weighted by molar-refractivity contribution is 9.09. The minimum Gasteiger partial charge on any atom is -0.350 e. The van der Waals surface area contributed by atoms with Gasteiger partial charge >= 0.3 is 0 Å². The summed E-state index contributed by atoms with van der Waals surface area (Å²) in [5.74, 6) is 0.0889. The van der Waals surface area contributed by atoms with Crippen molar-refractivity contribution in [3.05, 3.63) is 21.4 Å². The molecule has 1 N–H and O–H groups in total. The highest BCUT2D eigenvalue weighted by atomic mass is 79.9. The van der Waals surface area contributed by atoms with Gasteiger partial charge in [-0.05, 0) is 43.7 Å². The third-order valence-corrected chi connectivity index (χ3v) is 5.60. The van der Waals surface area contributed by atoms with Crippen LogP contribution in [-0.4, -0.2) is 17.3 Å². The van der Waals surface area contributed by atoms with E-state index in [9.17, 15) is 4.79 Å². The first kappa shape index (κ1) is 14.1. The number of rotatable bonds is 4. The van der Waals surface area contributed by atoms with E-state index in [1.807, 2.05) is 0 Å². The van der Waals surface area contributed by atoms with Crippen molar-refractivity contribution in [3.63, 3.8) is 0 Å². The molecule has 0 aromatic carbocycles. The molecule has 0 bridgehead atoms. The van der Waals surface area contributed by atoms with E-state index >= 15 is 0 Å². The molecular weight excluding hydrogens is 310 g/mol. The zero-order chi connectivity index (χ0) is 13.0. The molecule has 0 saturated carbocycles. The van der Waals surface area contributed by atoms with E-state index in [0.717, 1.165) is 24.1 Å². The van der Waals surface area contributed by atoms with Crippen LogP contribution in [0.15, 0.2) is 6.07 Å². The lowest BCUT2D eigenvalue weighted by Crippen LogP contribution is -2.28. The summed E-state index contributed by atoms with van der Waals surface area (Å²) in [6.45, 7) is 2.82. The van der Waals surface area contributed by atoms with Gasteiger partial charge < -0.3 is 5.32 Å². The third-order valence-electron chi connectivity index (χ3n) is 3.40. The van der Waals surface area contributed by atoms with E-state index < -0.39 is 0 Å². The molecule has 100 valence electrons. The summed E-state index contributed by atoms with van der Waals surface area (Å²) in [5, 5.41) is 3.00. The standard InChI is InChI=1S/C14H20BrNOS/c1-2-11(15)9-16-14(17)13-8-10-6-4-3-5-7-12(10)18-13/h8,11H,2-7,9H2,1H3,(H,16,17). The number of carbonyl (C=O) groups is 1. The number of nitrogens with one attached hydrogen (secondary N) is 1. The second kappa shape index (κ2) is 6.71. The normalized spacial score (nSPS) is 16.8. The number of aryl methyl sites for hydroxylation is 2. The van der Waals surface area contributed by atoms with Crippen LogP contribution in [0.5, 0.6) is 0 Å². The largest absolute Gasteiger partial charge is 0.350 e. The van der Waals surface area contributed by atoms with Crippen LogP contribution >= 0.6 is 27.3 Å². The Morgan fingerprint density at radius 3 is 3.00 bits per heavy atom. The second-order valence-electron chi connectivity index (χ2n) is 4.84. The summed E-state index contributed by atoms with van der Waals surface area (Å²) in [6.07, 6.45) is 7.20. The molecule has 2 nitrogen and oxygen atoms in total. The van der Waals surface area contributed by atoms with Gasteiger partial charge in [0.05, 0.1) is 4.88 Å². The molecule has 0 fully saturated rings. The molecule has 4 heteroatoms. The van der Waals surface area contributed by atoms with Crippen molar-refractivity contribution in [1.29, 1.82) is 0 Å². The Balaban J connectivity index is 1.98. The van der Waals surface area contributed by atoms with Crippen molar-refractivity contribution < 1.29 is 4.79 Å². The maximum atomic E-state index is 12.0. The first-order chi connectivity index (χ1) is 8.70. The van der Waals surface area contributed by atoms with Gasteiger partial charge in [0, 0.05) is 16.2 Å². The molecule has 1 aliphatic carbocycles. The number of fused-ring (bicyclic) bond motifs is 1. The van der Waals surface area contributed by atoms with E-state index in [4.69, 9.17) is 0 Å². The van der Waals surface area contributed by atoms with Crippen LogP contribution < -0.4 is 5.32 Å². The second-order valence-corrected chi connectivity index (χ2v) is 7.27.